The van der Waals surface area contributed by atoms with Crippen LogP contribution in [0.3, 0.4) is 0 Å². The maximum atomic E-state index is 14.3. The van der Waals surface area contributed by atoms with Gasteiger partial charge in [0.2, 0.25) is 29.5 Å². The van der Waals surface area contributed by atoms with Gasteiger partial charge in [-0.15, -0.1) is 34.0 Å². The van der Waals surface area contributed by atoms with Crippen LogP contribution < -0.4 is 71.2 Å². The molecule has 5 aromatic rings. The molecule has 7 amide bonds. The second-order valence-electron chi connectivity index (χ2n) is 20.8. The maximum Gasteiger partial charge on any atom is 0.271 e. The number of nitrogens with zero attached hydrogens (tertiary/aromatic N) is 6. The summed E-state index contributed by atoms with van der Waals surface area (Å²) < 4.78 is 0. The van der Waals surface area contributed by atoms with Crippen LogP contribution in [0.2, 0.25) is 0 Å². The molecule has 32 heteroatoms. The zero-order chi connectivity index (χ0) is 62.2. The number of H-pyrrole nitrogens is 1. The summed E-state index contributed by atoms with van der Waals surface area (Å²) >= 11 is 4.07. The number of thiazole rings is 3. The highest BCUT2D eigenvalue weighted by atomic mass is 32.1. The number of nitrogens with two attached hydrogens (primary N) is 5. The first kappa shape index (κ1) is 68.8. The number of rotatable bonds is 39. The van der Waals surface area contributed by atoms with Crippen LogP contribution in [-0.4, -0.2) is 175 Å². The van der Waals surface area contributed by atoms with Crippen molar-refractivity contribution in [2.24, 2.45) is 34.8 Å². The lowest BCUT2D eigenvalue weighted by molar-refractivity contribution is -0.136. The molecule has 5 rings (SSSR count). The zero-order valence-corrected chi connectivity index (χ0v) is 50.9. The van der Waals surface area contributed by atoms with Crippen molar-refractivity contribution in [2.75, 3.05) is 58.1 Å². The number of unbranched alkanes of at least 4 members (excludes halogenated alkanes) is 1. The third kappa shape index (κ3) is 22.1. The molecule has 0 saturated heterocycles. The lowest BCUT2D eigenvalue weighted by Crippen LogP contribution is -2.58. The molecule has 0 aromatic carbocycles. The van der Waals surface area contributed by atoms with E-state index in [0.717, 1.165) is 51.9 Å². The smallest absolute Gasteiger partial charge is 0.271 e. The van der Waals surface area contributed by atoms with Gasteiger partial charge in [-0.3, -0.25) is 33.6 Å². The average Bonchev–Trinajstić information content (AvgIpc) is 4.40. The van der Waals surface area contributed by atoms with Crippen LogP contribution in [0.1, 0.15) is 115 Å². The van der Waals surface area contributed by atoms with Gasteiger partial charge in [-0.2, -0.15) is 0 Å². The van der Waals surface area contributed by atoms with Crippen LogP contribution >= 0.6 is 34.0 Å². The molecule has 0 aliphatic heterocycles. The number of anilines is 1. The monoisotopic (exact) mass is 1240 g/mol. The number of aromatic nitrogens is 7. The van der Waals surface area contributed by atoms with Crippen molar-refractivity contribution in [3.8, 4) is 21.4 Å². The van der Waals surface area contributed by atoms with Gasteiger partial charge in [-0.25, -0.2) is 29.9 Å². The molecular weight excluding hydrogens is 1160 g/mol. The van der Waals surface area contributed by atoms with Gasteiger partial charge in [-0.1, -0.05) is 20.8 Å². The number of aliphatic hydroxyl groups excluding tert-OH is 2. The fraction of sp³-hybridized carbons (Fsp3) is 0.566. The Kier molecular flexibility index (Phi) is 28.2. The summed E-state index contributed by atoms with van der Waals surface area (Å²) in [4.78, 5) is 122. The molecule has 8 atom stereocenters. The van der Waals surface area contributed by atoms with E-state index in [-0.39, 0.29) is 67.1 Å². The Labute approximate surface area is 504 Å². The summed E-state index contributed by atoms with van der Waals surface area (Å²) in [6.45, 7) is 12.7. The number of amides is 7. The van der Waals surface area contributed by atoms with Crippen molar-refractivity contribution in [1.82, 2.24) is 77.4 Å². The van der Waals surface area contributed by atoms with Crippen molar-refractivity contribution < 1.29 is 43.8 Å². The summed E-state index contributed by atoms with van der Waals surface area (Å²) in [5, 5.41) is 53.2. The molecule has 0 aliphatic rings. The number of nitrogen functional groups attached to an aromatic ring is 1. The van der Waals surface area contributed by atoms with Gasteiger partial charge < -0.3 is 86.4 Å². The predicted octanol–water partition coefficient (Wildman–Crippen LogP) is -1.37. The Morgan fingerprint density at radius 1 is 0.729 bits per heavy atom. The van der Waals surface area contributed by atoms with Gasteiger partial charge in [0.15, 0.2) is 0 Å². The van der Waals surface area contributed by atoms with Crippen LogP contribution in [0.4, 0.5) is 5.82 Å². The quantitative estimate of drug-likeness (QED) is 0.0202. The van der Waals surface area contributed by atoms with Crippen molar-refractivity contribution >= 4 is 81.2 Å². The van der Waals surface area contributed by atoms with Gasteiger partial charge in [0.1, 0.15) is 56.5 Å². The minimum atomic E-state index is -1.54. The normalized spacial score (nSPS) is 14.3. The van der Waals surface area contributed by atoms with Crippen LogP contribution in [0.15, 0.2) is 28.7 Å². The number of aliphatic hydroxyl groups is 2. The fourth-order valence-electron chi connectivity index (χ4n) is 8.47. The average molecular weight is 1240 g/mol. The standard InChI is InChI=1S/C53H82N20O9S3/c1-27(2)18-33(67-49(80)35(19-31-21-61-26-65-31)68-51(82)41-28(3)44(57)73-46(71-41)34(20-39(56)75)64-22-32(55)45(58)77)43(76)29(4)47(78)72-42(30(5)74)50(81)63-17-10-40-66-37(24-83-40)52-70-38(25-85-52)53-69-36(23-84-53)48(79)62-16-9-15-60-13-7-6-12-59-14-8-11-54/h21,23-27,29-30,32-35,42-43,59-60,64,74,76H,6-20,22,54-55H2,1-5H3,(H2,56,75)(H2,58,77)(H,61,65)(H,62,79)(H,63,81)(H,67,80)(H,68,82)(H,72,78)(H2,57,71,73)/t29-,30+,32-,33+,34-,35-,42-,43-/m0/s1. The van der Waals surface area contributed by atoms with Crippen LogP contribution in [0, 0.1) is 18.8 Å². The van der Waals surface area contributed by atoms with Crippen molar-refractivity contribution in [3.05, 3.63) is 62.1 Å². The van der Waals surface area contributed by atoms with E-state index in [0.29, 0.717) is 57.3 Å². The predicted molar refractivity (Wildman–Crippen MR) is 323 cm³/mol. The van der Waals surface area contributed by atoms with E-state index in [2.05, 4.69) is 67.5 Å². The Morgan fingerprint density at radius 2 is 1.40 bits per heavy atom. The van der Waals surface area contributed by atoms with E-state index >= 15 is 0 Å². The first-order valence-corrected chi connectivity index (χ1v) is 30.7. The summed E-state index contributed by atoms with van der Waals surface area (Å²) in [5.41, 5.74) is 30.2. The van der Waals surface area contributed by atoms with E-state index in [1.165, 1.54) is 67.3 Å². The van der Waals surface area contributed by atoms with Gasteiger partial charge in [0, 0.05) is 72.5 Å². The third-order valence-corrected chi connectivity index (χ3v) is 16.0. The first-order valence-electron chi connectivity index (χ1n) is 28.1. The summed E-state index contributed by atoms with van der Waals surface area (Å²) in [7, 11) is 0. The molecule has 0 aliphatic carbocycles. The SMILES string of the molecule is Cc1c(N)nc([C@H](CC(N)=O)NC[C@H](N)C(N)=O)nc1C(=O)N[C@@H](Cc1cnc[nH]1)C(=O)N[C@H](CC(C)C)[C@@H](O)[C@H](C)C(=O)N[C@H](C(=O)NCCc1nc(-c2nc(-c3nc(C(=O)NCCCNCCCCNCCCN)cs3)cs2)cs1)[C@@H](C)O. The van der Waals surface area contributed by atoms with E-state index in [4.69, 9.17) is 38.6 Å². The first-order chi connectivity index (χ1) is 40.6. The zero-order valence-electron chi connectivity index (χ0n) is 48.4. The third-order valence-electron chi connectivity index (χ3n) is 13.3. The van der Waals surface area contributed by atoms with Crippen molar-refractivity contribution in [3.63, 3.8) is 0 Å². The highest BCUT2D eigenvalue weighted by Gasteiger charge is 2.36. The van der Waals surface area contributed by atoms with Crippen LogP contribution in [0.25, 0.3) is 21.4 Å². The summed E-state index contributed by atoms with van der Waals surface area (Å²) in [6.07, 6.45) is 3.83. The van der Waals surface area contributed by atoms with Crippen molar-refractivity contribution in [1.29, 1.82) is 0 Å². The molecule has 0 fully saturated rings. The molecule has 0 unspecified atom stereocenters. The minimum Gasteiger partial charge on any atom is -0.391 e. The van der Waals surface area contributed by atoms with Gasteiger partial charge in [-0.05, 0) is 84.6 Å². The number of imidazole rings is 1. The molecule has 85 heavy (non-hydrogen) atoms. The van der Waals surface area contributed by atoms with Gasteiger partial charge >= 0.3 is 0 Å². The Morgan fingerprint density at radius 3 is 2.06 bits per heavy atom. The summed E-state index contributed by atoms with van der Waals surface area (Å²) in [5.74, 6) is -6.61. The topological polar surface area (TPSA) is 479 Å². The molecule has 0 spiro atoms. The number of nitrogens with one attached hydrogen (secondary N) is 9. The molecule has 5 aromatic heterocycles. The summed E-state index contributed by atoms with van der Waals surface area (Å²) in [6, 6.07) is -6.06. The van der Waals surface area contributed by atoms with E-state index in [9.17, 15) is 43.8 Å². The number of hydrogen-bond donors (Lipinski definition) is 16. The number of aromatic amines is 1. The highest BCUT2D eigenvalue weighted by Crippen LogP contribution is 2.31. The molecule has 0 bridgehead atoms. The second kappa shape index (κ2) is 34.8. The number of primary amides is 2. The molecular formula is C53H82N20O9S3. The van der Waals surface area contributed by atoms with Crippen LogP contribution in [0.5, 0.6) is 0 Å². The molecule has 29 nitrogen and oxygen atoms in total. The van der Waals surface area contributed by atoms with E-state index in [1.807, 2.05) is 24.6 Å². The Hall–Kier alpha value is -7.01. The second-order valence-corrected chi connectivity index (χ2v) is 23.5. The van der Waals surface area contributed by atoms with Crippen molar-refractivity contribution in [2.45, 2.75) is 128 Å². The van der Waals surface area contributed by atoms with E-state index in [1.54, 1.807) is 5.38 Å². The fourth-order valence-corrected chi connectivity index (χ4v) is 10.9. The number of carbonyl (C=O) groups is 7. The molecule has 0 radical (unpaired) electrons. The number of carbonyl (C=O) groups excluding carboxylic acids is 7. The van der Waals surface area contributed by atoms with Crippen LogP contribution in [-0.2, 0) is 36.8 Å². The maximum absolute atomic E-state index is 14.3. The van der Waals surface area contributed by atoms with Gasteiger partial charge in [0.25, 0.3) is 11.8 Å². The van der Waals surface area contributed by atoms with Gasteiger partial charge in [0.05, 0.1) is 47.6 Å². The Balaban J connectivity index is 1.14. The molecule has 21 N–H and O–H groups in total. The largest absolute Gasteiger partial charge is 0.391 e. The lowest BCUT2D eigenvalue weighted by Gasteiger charge is -2.32. The number of hydrogen-bond acceptors (Lipinski definition) is 24. The molecule has 466 valence electrons. The lowest BCUT2D eigenvalue weighted by atomic mass is 9.90. The Bertz CT molecular complexity index is 2960. The molecule has 0 saturated carbocycles. The minimum absolute atomic E-state index is 0.103. The highest BCUT2D eigenvalue weighted by molar-refractivity contribution is 7.16. The van der Waals surface area contributed by atoms with E-state index < -0.39 is 83.8 Å². The molecule has 5 heterocycles.